The quantitative estimate of drug-likeness (QED) is 0.619. The van der Waals surface area contributed by atoms with Crippen molar-refractivity contribution in [3.63, 3.8) is 0 Å². The van der Waals surface area contributed by atoms with Crippen molar-refractivity contribution in [3.05, 3.63) is 32.8 Å². The summed E-state index contributed by atoms with van der Waals surface area (Å²) in [5.41, 5.74) is 5.01. The van der Waals surface area contributed by atoms with Crippen LogP contribution in [0.4, 0.5) is 15.8 Å². The van der Waals surface area contributed by atoms with Crippen molar-refractivity contribution in [2.24, 2.45) is 5.92 Å². The molecular weight excluding hydrogens is 399 g/mol. The molecule has 2 aliphatic rings. The number of nitrogen functional groups attached to an aromatic ring is 1. The average molecular weight is 423 g/mol. The third-order valence-electron chi connectivity index (χ3n) is 5.82. The van der Waals surface area contributed by atoms with E-state index >= 15 is 4.39 Å². The van der Waals surface area contributed by atoms with Gasteiger partial charge in [0, 0.05) is 25.3 Å². The number of hydrogen-bond donors (Lipinski definition) is 3. The molecule has 1 saturated carbocycles. The maximum absolute atomic E-state index is 15.3. The highest BCUT2D eigenvalue weighted by atomic mass is 35.5. The van der Waals surface area contributed by atoms with Crippen molar-refractivity contribution >= 4 is 39.8 Å². The fourth-order valence-corrected chi connectivity index (χ4v) is 4.57. The molecule has 0 spiro atoms. The number of carbonyl (C=O) groups is 1. The maximum atomic E-state index is 15.3. The molecule has 1 atom stereocenters. The molecule has 0 radical (unpaired) electrons. The number of anilines is 2. The predicted molar refractivity (Wildman–Crippen MR) is 112 cm³/mol. The summed E-state index contributed by atoms with van der Waals surface area (Å²) in [5, 5.41) is 12.7. The first kappa shape index (κ1) is 20.0. The summed E-state index contributed by atoms with van der Waals surface area (Å²) in [6.07, 6.45) is 3.90. The van der Waals surface area contributed by atoms with Crippen molar-refractivity contribution < 1.29 is 14.3 Å². The monoisotopic (exact) mass is 422 g/mol. The molecule has 2 heterocycles. The Balaban J connectivity index is 1.90. The summed E-state index contributed by atoms with van der Waals surface area (Å²) in [4.78, 5) is 26.2. The van der Waals surface area contributed by atoms with Gasteiger partial charge in [-0.15, -0.1) is 0 Å². The van der Waals surface area contributed by atoms with Crippen molar-refractivity contribution in [3.8, 4) is 0 Å². The number of hydrogen-bond acceptors (Lipinski definition) is 5. The highest BCUT2D eigenvalue weighted by Gasteiger charge is 2.33. The number of nitrogens with one attached hydrogen (secondary N) is 1. The molecule has 1 aliphatic carbocycles. The van der Waals surface area contributed by atoms with Gasteiger partial charge >= 0.3 is 5.97 Å². The third kappa shape index (κ3) is 3.34. The normalized spacial score (nSPS) is 19.3. The zero-order chi connectivity index (χ0) is 20.9. The Morgan fingerprint density at radius 3 is 2.76 bits per heavy atom. The molecule has 2 fully saturated rings. The lowest BCUT2D eigenvalue weighted by Crippen LogP contribution is -2.27. The zero-order valence-electron chi connectivity index (χ0n) is 16.2. The van der Waals surface area contributed by atoms with Crippen LogP contribution in [0.1, 0.15) is 42.6 Å². The Hall–Kier alpha value is -2.32. The summed E-state index contributed by atoms with van der Waals surface area (Å²) in [6, 6.07) is 0.0338. The van der Waals surface area contributed by atoms with Gasteiger partial charge in [0.25, 0.3) is 0 Å². The van der Waals surface area contributed by atoms with Crippen LogP contribution in [-0.4, -0.2) is 41.8 Å². The van der Waals surface area contributed by atoms with Gasteiger partial charge in [-0.25, -0.2) is 9.18 Å². The van der Waals surface area contributed by atoms with Gasteiger partial charge in [-0.2, -0.15) is 0 Å². The number of rotatable bonds is 6. The van der Waals surface area contributed by atoms with Crippen LogP contribution in [0.3, 0.4) is 0 Å². The van der Waals surface area contributed by atoms with Crippen molar-refractivity contribution in [1.82, 2.24) is 9.88 Å². The Bertz CT molecular complexity index is 1050. The number of carboxylic acids is 1. The van der Waals surface area contributed by atoms with Crippen molar-refractivity contribution in [2.45, 2.75) is 32.2 Å². The number of nitrogens with two attached hydrogens (primary N) is 1. The van der Waals surface area contributed by atoms with Gasteiger partial charge in [0.1, 0.15) is 5.56 Å². The van der Waals surface area contributed by atoms with Crippen LogP contribution >= 0.6 is 11.6 Å². The molecule has 1 aliphatic heterocycles. The maximum Gasteiger partial charge on any atom is 0.341 e. The molecule has 0 amide bonds. The van der Waals surface area contributed by atoms with Gasteiger partial charge in [0.05, 0.1) is 27.3 Å². The Labute approximate surface area is 172 Å². The molecule has 29 heavy (non-hydrogen) atoms. The number of nitrogens with zero attached hydrogens (tertiary/aromatic N) is 2. The molecule has 156 valence electrons. The number of pyridine rings is 1. The minimum absolute atomic E-state index is 0.0338. The molecule has 0 bridgehead atoms. The van der Waals surface area contributed by atoms with Crippen LogP contribution in [0, 0.1) is 11.7 Å². The molecule has 1 unspecified atom stereocenters. The summed E-state index contributed by atoms with van der Waals surface area (Å²) in [7, 11) is 0. The van der Waals surface area contributed by atoms with Gasteiger partial charge in [0.2, 0.25) is 5.43 Å². The Kier molecular flexibility index (Phi) is 5.16. The highest BCUT2D eigenvalue weighted by Crippen LogP contribution is 2.45. The van der Waals surface area contributed by atoms with E-state index in [9.17, 15) is 14.7 Å². The van der Waals surface area contributed by atoms with E-state index in [-0.39, 0.29) is 27.8 Å². The molecular formula is C20H24ClFN4O3. The minimum Gasteiger partial charge on any atom is -0.477 e. The van der Waals surface area contributed by atoms with E-state index in [4.69, 9.17) is 17.3 Å². The summed E-state index contributed by atoms with van der Waals surface area (Å²) in [6.45, 7) is 5.02. The van der Waals surface area contributed by atoms with E-state index in [2.05, 4.69) is 5.32 Å². The molecule has 9 heteroatoms. The average Bonchev–Trinajstić information content (AvgIpc) is 3.43. The van der Waals surface area contributed by atoms with E-state index < -0.39 is 22.8 Å². The van der Waals surface area contributed by atoms with E-state index in [1.54, 1.807) is 4.57 Å². The van der Waals surface area contributed by atoms with Crippen LogP contribution in [0.2, 0.25) is 5.02 Å². The van der Waals surface area contributed by atoms with E-state index in [1.807, 2.05) is 11.8 Å². The summed E-state index contributed by atoms with van der Waals surface area (Å²) < 4.78 is 17.0. The first-order chi connectivity index (χ1) is 13.8. The first-order valence-corrected chi connectivity index (χ1v) is 10.3. The summed E-state index contributed by atoms with van der Waals surface area (Å²) >= 11 is 6.67. The highest BCUT2D eigenvalue weighted by molar-refractivity contribution is 6.38. The van der Waals surface area contributed by atoms with Gasteiger partial charge in [-0.1, -0.05) is 18.5 Å². The van der Waals surface area contributed by atoms with Crippen LogP contribution in [0.25, 0.3) is 10.9 Å². The van der Waals surface area contributed by atoms with Gasteiger partial charge in [0.15, 0.2) is 5.82 Å². The fraction of sp³-hybridized carbons (Fsp3) is 0.500. The third-order valence-corrected chi connectivity index (χ3v) is 6.18. The molecule has 7 nitrogen and oxygen atoms in total. The van der Waals surface area contributed by atoms with Crippen LogP contribution < -0.4 is 21.4 Å². The largest absolute Gasteiger partial charge is 0.477 e. The van der Waals surface area contributed by atoms with Gasteiger partial charge in [-0.05, 0) is 38.3 Å². The fourth-order valence-electron chi connectivity index (χ4n) is 4.17. The smallest absolute Gasteiger partial charge is 0.341 e. The Morgan fingerprint density at radius 2 is 2.14 bits per heavy atom. The number of halogens is 2. The number of fused-ring (bicyclic) bond motifs is 1. The second-order valence-corrected chi connectivity index (χ2v) is 8.22. The van der Waals surface area contributed by atoms with Crippen molar-refractivity contribution in [1.29, 1.82) is 0 Å². The molecule has 4 N–H and O–H groups in total. The van der Waals surface area contributed by atoms with Gasteiger partial charge in [-0.3, -0.25) is 4.79 Å². The number of aromatic carboxylic acids is 1. The predicted octanol–water partition coefficient (Wildman–Crippen LogP) is 2.85. The van der Waals surface area contributed by atoms with Crippen LogP contribution in [0.5, 0.6) is 0 Å². The standard InChI is InChI=1S/C20H24ClFN4O3/c1-2-24-7-10-5-6-25(8-10)18-14(21)17-13(16(23)15(18)22)19(27)12(20(28)29)9-26(17)11-3-4-11/h9-11,24H,2-8,23H2,1H3,(H,28,29). The summed E-state index contributed by atoms with van der Waals surface area (Å²) in [5.74, 6) is -1.76. The molecule has 2 aromatic rings. The lowest BCUT2D eigenvalue weighted by atomic mass is 10.1. The zero-order valence-corrected chi connectivity index (χ0v) is 16.9. The first-order valence-electron chi connectivity index (χ1n) is 9.89. The Morgan fingerprint density at radius 1 is 1.41 bits per heavy atom. The van der Waals surface area contributed by atoms with E-state index in [0.29, 0.717) is 24.5 Å². The number of carboxylic acid groups (broad SMARTS) is 1. The van der Waals surface area contributed by atoms with Crippen LogP contribution in [0.15, 0.2) is 11.0 Å². The minimum atomic E-state index is -1.36. The van der Waals surface area contributed by atoms with Crippen LogP contribution in [-0.2, 0) is 0 Å². The lowest BCUT2D eigenvalue weighted by Gasteiger charge is -2.24. The SMILES string of the molecule is CCNCC1CCN(c2c(F)c(N)c3c(=O)c(C(=O)O)cn(C4CC4)c3c2Cl)C1. The topological polar surface area (TPSA) is 101 Å². The molecule has 1 saturated heterocycles. The lowest BCUT2D eigenvalue weighted by molar-refractivity contribution is 0.0695. The molecule has 4 rings (SSSR count). The van der Waals surface area contributed by atoms with Gasteiger partial charge < -0.3 is 25.6 Å². The van der Waals surface area contributed by atoms with E-state index in [1.165, 1.54) is 6.20 Å². The van der Waals surface area contributed by atoms with Crippen molar-refractivity contribution in [2.75, 3.05) is 36.8 Å². The van der Waals surface area contributed by atoms with E-state index in [0.717, 1.165) is 32.4 Å². The molecule has 1 aromatic heterocycles. The number of benzene rings is 1. The second-order valence-electron chi connectivity index (χ2n) is 7.84. The molecule has 1 aromatic carbocycles. The number of aromatic nitrogens is 1. The second kappa shape index (κ2) is 7.50.